The standard InChI is InChI=1S/C33H28F3N9O.C2H6/c1-44-19-40-43-30(44)23-4-3-20(16-38)11-24(23)22-14-27(41-28(15-22)39-9-2-8-37)31-42-26-13-21(12-25(29(26)46-31)33(34,35)36)17-45-10-7-32(18-45)5-6-32;1-2/h3-4,11-15,19H,2,5-7,9-10,17-18H2,1H3,(H,39,41);1-2H3. The van der Waals surface area contributed by atoms with Crippen LogP contribution in [0.25, 0.3) is 45.2 Å². The minimum Gasteiger partial charge on any atom is -0.434 e. The molecule has 0 atom stereocenters. The molecule has 2 aromatic carbocycles. The number of rotatable bonds is 8. The summed E-state index contributed by atoms with van der Waals surface area (Å²) in [6, 6.07) is 15.6. The molecule has 1 saturated heterocycles. The van der Waals surface area contributed by atoms with Crippen molar-refractivity contribution in [3.05, 3.63) is 65.5 Å². The Kier molecular flexibility index (Phi) is 8.91. The lowest BCUT2D eigenvalue weighted by molar-refractivity contribution is -0.136. The maximum atomic E-state index is 14.4. The van der Waals surface area contributed by atoms with Gasteiger partial charge in [-0.05, 0) is 90.4 Å². The summed E-state index contributed by atoms with van der Waals surface area (Å²) in [5, 5.41) is 30.1. The molecule has 1 aliphatic carbocycles. The minimum atomic E-state index is -4.66. The molecule has 48 heavy (non-hydrogen) atoms. The zero-order chi connectivity index (χ0) is 34.1. The van der Waals surface area contributed by atoms with Gasteiger partial charge in [-0.1, -0.05) is 13.8 Å². The quantitative estimate of drug-likeness (QED) is 0.168. The third kappa shape index (κ3) is 6.60. The number of nitriles is 2. The van der Waals surface area contributed by atoms with Crippen LogP contribution in [0.3, 0.4) is 0 Å². The SMILES string of the molecule is CC.Cn1cnnc1-c1ccc(C#N)cc1-c1cc(NCCC#N)nc(-c2nc3cc(CN4CCC5(CC5)C4)cc(C(F)(F)F)c3o2)c1. The number of aromatic nitrogens is 5. The van der Waals surface area contributed by atoms with Gasteiger partial charge in [0.15, 0.2) is 11.4 Å². The Balaban J connectivity index is 0.00000197. The van der Waals surface area contributed by atoms with E-state index in [2.05, 4.69) is 42.5 Å². The fourth-order valence-corrected chi connectivity index (χ4v) is 6.22. The van der Waals surface area contributed by atoms with Crippen LogP contribution in [0.1, 0.15) is 56.2 Å². The van der Waals surface area contributed by atoms with E-state index in [0.717, 1.165) is 25.6 Å². The van der Waals surface area contributed by atoms with Crippen molar-refractivity contribution in [1.29, 1.82) is 10.5 Å². The number of aryl methyl sites for hydroxylation is 1. The minimum absolute atomic E-state index is 0.0856. The van der Waals surface area contributed by atoms with Gasteiger partial charge in [-0.15, -0.1) is 10.2 Å². The molecule has 1 N–H and O–H groups in total. The molecule has 10 nitrogen and oxygen atoms in total. The molecule has 5 aromatic rings. The average molecular weight is 654 g/mol. The molecule has 0 unspecified atom stereocenters. The Morgan fingerprint density at radius 2 is 1.83 bits per heavy atom. The molecule has 1 saturated carbocycles. The number of oxazole rings is 1. The second-order valence-electron chi connectivity index (χ2n) is 12.1. The number of anilines is 1. The smallest absolute Gasteiger partial charge is 0.420 e. The Labute approximate surface area is 275 Å². The van der Waals surface area contributed by atoms with Crippen molar-refractivity contribution in [3.63, 3.8) is 0 Å². The van der Waals surface area contributed by atoms with Gasteiger partial charge in [0.05, 0.1) is 24.1 Å². The van der Waals surface area contributed by atoms with Gasteiger partial charge in [-0.2, -0.15) is 23.7 Å². The number of hydrogen-bond donors (Lipinski definition) is 1. The Bertz CT molecular complexity index is 2050. The van der Waals surface area contributed by atoms with Crippen LogP contribution in [-0.4, -0.2) is 49.3 Å². The topological polar surface area (TPSA) is 132 Å². The number of hydrogen-bond acceptors (Lipinski definition) is 9. The Hall–Kier alpha value is -5.27. The van der Waals surface area contributed by atoms with Gasteiger partial charge in [0.1, 0.15) is 28.9 Å². The molecule has 0 amide bonds. The molecule has 7 rings (SSSR count). The van der Waals surface area contributed by atoms with Crippen LogP contribution < -0.4 is 5.32 Å². The number of likely N-dealkylation sites (tertiary alicyclic amines) is 1. The van der Waals surface area contributed by atoms with Gasteiger partial charge >= 0.3 is 6.18 Å². The highest BCUT2D eigenvalue weighted by Gasteiger charge is 2.47. The molecule has 3 aromatic heterocycles. The Morgan fingerprint density at radius 3 is 2.50 bits per heavy atom. The summed E-state index contributed by atoms with van der Waals surface area (Å²) in [7, 11) is 1.79. The van der Waals surface area contributed by atoms with Crippen molar-refractivity contribution in [2.75, 3.05) is 25.0 Å². The summed E-state index contributed by atoms with van der Waals surface area (Å²) >= 11 is 0. The van der Waals surface area contributed by atoms with Crippen LogP contribution in [0.15, 0.2) is 53.2 Å². The molecule has 1 spiro atoms. The first-order chi connectivity index (χ1) is 23.1. The number of nitrogens with one attached hydrogen (secondary N) is 1. The maximum absolute atomic E-state index is 14.4. The van der Waals surface area contributed by atoms with E-state index in [-0.39, 0.29) is 35.6 Å². The van der Waals surface area contributed by atoms with E-state index in [4.69, 9.17) is 9.68 Å². The molecule has 2 fully saturated rings. The van der Waals surface area contributed by atoms with Crippen molar-refractivity contribution in [2.45, 2.75) is 52.3 Å². The van der Waals surface area contributed by atoms with Crippen molar-refractivity contribution in [1.82, 2.24) is 29.6 Å². The lowest BCUT2D eigenvalue weighted by atomic mass is 9.96. The second-order valence-corrected chi connectivity index (χ2v) is 12.1. The third-order valence-corrected chi connectivity index (χ3v) is 8.74. The molecule has 246 valence electrons. The van der Waals surface area contributed by atoms with E-state index in [0.29, 0.717) is 51.4 Å². The first-order valence-corrected chi connectivity index (χ1v) is 15.9. The summed E-state index contributed by atoms with van der Waals surface area (Å²) in [5.41, 5.74) is 2.20. The van der Waals surface area contributed by atoms with E-state index in [1.165, 1.54) is 12.8 Å². The predicted octanol–water partition coefficient (Wildman–Crippen LogP) is 7.58. The van der Waals surface area contributed by atoms with E-state index >= 15 is 0 Å². The zero-order valence-electron chi connectivity index (χ0n) is 26.9. The summed E-state index contributed by atoms with van der Waals surface area (Å²) in [5.74, 6) is 0.820. The van der Waals surface area contributed by atoms with Crippen molar-refractivity contribution in [3.8, 4) is 46.2 Å². The molecule has 4 heterocycles. The van der Waals surface area contributed by atoms with Gasteiger partial charge in [0.25, 0.3) is 0 Å². The Morgan fingerprint density at radius 1 is 1.02 bits per heavy atom. The molecule has 13 heteroatoms. The van der Waals surface area contributed by atoms with E-state index in [1.54, 1.807) is 54.3 Å². The van der Waals surface area contributed by atoms with Crippen LogP contribution in [0, 0.1) is 28.1 Å². The first kappa shape index (κ1) is 32.7. The molecule has 1 aliphatic heterocycles. The number of alkyl halides is 3. The summed E-state index contributed by atoms with van der Waals surface area (Å²) in [4.78, 5) is 11.3. The largest absolute Gasteiger partial charge is 0.434 e. The lowest BCUT2D eigenvalue weighted by Crippen LogP contribution is -2.20. The molecule has 0 bridgehead atoms. The molecule has 2 aliphatic rings. The normalized spacial score (nSPS) is 15.2. The number of pyridine rings is 1. The number of benzene rings is 2. The third-order valence-electron chi connectivity index (χ3n) is 8.74. The van der Waals surface area contributed by atoms with Crippen molar-refractivity contribution in [2.24, 2.45) is 12.5 Å². The summed E-state index contributed by atoms with van der Waals surface area (Å²) < 4.78 is 50.7. The van der Waals surface area contributed by atoms with Gasteiger partial charge in [-0.3, -0.25) is 4.90 Å². The highest BCUT2D eigenvalue weighted by Crippen LogP contribution is 2.53. The fraction of sp³-hybridized carbons (Fsp3) is 0.371. The van der Waals surface area contributed by atoms with E-state index in [9.17, 15) is 18.4 Å². The highest BCUT2D eigenvalue weighted by molar-refractivity contribution is 5.85. The van der Waals surface area contributed by atoms with Crippen LogP contribution >= 0.6 is 0 Å². The van der Waals surface area contributed by atoms with Gasteiger partial charge < -0.3 is 14.3 Å². The van der Waals surface area contributed by atoms with Gasteiger partial charge in [0, 0.05) is 32.2 Å². The number of fused-ring (bicyclic) bond motifs is 1. The monoisotopic (exact) mass is 653 g/mol. The molecule has 0 radical (unpaired) electrons. The van der Waals surface area contributed by atoms with Crippen molar-refractivity contribution < 1.29 is 17.6 Å². The number of halogens is 3. The molecular formula is C35H34F3N9O. The lowest BCUT2D eigenvalue weighted by Gasteiger charge is -2.17. The number of nitrogens with zero attached hydrogens (tertiary/aromatic N) is 8. The zero-order valence-corrected chi connectivity index (χ0v) is 26.9. The van der Waals surface area contributed by atoms with Gasteiger partial charge in [0.2, 0.25) is 5.89 Å². The van der Waals surface area contributed by atoms with E-state index in [1.807, 2.05) is 13.8 Å². The van der Waals surface area contributed by atoms with Crippen LogP contribution in [0.2, 0.25) is 0 Å². The second kappa shape index (κ2) is 13.1. The predicted molar refractivity (Wildman–Crippen MR) is 174 cm³/mol. The van der Waals surface area contributed by atoms with Crippen LogP contribution in [0.4, 0.5) is 19.0 Å². The van der Waals surface area contributed by atoms with Gasteiger partial charge in [-0.25, -0.2) is 9.97 Å². The van der Waals surface area contributed by atoms with E-state index < -0.39 is 11.7 Å². The van der Waals surface area contributed by atoms with Crippen LogP contribution in [0.5, 0.6) is 0 Å². The average Bonchev–Trinajstić information content (AvgIpc) is 3.35. The highest BCUT2D eigenvalue weighted by atomic mass is 19.4. The summed E-state index contributed by atoms with van der Waals surface area (Å²) in [6.45, 7) is 6.46. The fourth-order valence-electron chi connectivity index (χ4n) is 6.22. The van der Waals surface area contributed by atoms with Crippen molar-refractivity contribution >= 4 is 16.9 Å². The van der Waals surface area contributed by atoms with Crippen LogP contribution in [-0.2, 0) is 19.8 Å². The molecular weight excluding hydrogens is 619 g/mol. The maximum Gasteiger partial charge on any atom is 0.420 e. The summed E-state index contributed by atoms with van der Waals surface area (Å²) in [6.07, 6.45) is 0.553. The first-order valence-electron chi connectivity index (χ1n) is 15.9.